The average molecular weight is 424 g/mol. The second kappa shape index (κ2) is 10.2. The summed E-state index contributed by atoms with van der Waals surface area (Å²) >= 11 is 0. The number of rotatable bonds is 6. The Bertz CT molecular complexity index is 858. The van der Waals surface area contributed by atoms with Gasteiger partial charge in [0.05, 0.1) is 7.11 Å². The number of para-hydroxylation sites is 1. The minimum atomic E-state index is 0.121. The molecule has 0 saturated carbocycles. The number of phenolic OH excluding ortho intramolecular Hbond substituents is 1. The van der Waals surface area contributed by atoms with Gasteiger partial charge in [-0.3, -0.25) is 14.6 Å². The van der Waals surface area contributed by atoms with Crippen LogP contribution in [0.5, 0.6) is 11.5 Å². The van der Waals surface area contributed by atoms with Crippen molar-refractivity contribution in [2.24, 2.45) is 5.92 Å². The van der Waals surface area contributed by atoms with Crippen LogP contribution < -0.4 is 4.74 Å². The zero-order valence-corrected chi connectivity index (χ0v) is 18.4. The van der Waals surface area contributed by atoms with E-state index in [4.69, 9.17) is 4.74 Å². The Hall–Kier alpha value is -2.57. The van der Waals surface area contributed by atoms with Gasteiger partial charge in [-0.05, 0) is 37.6 Å². The standard InChI is InChI=1S/C25H33N3O3/c1-31-23-9-5-8-22(24(23)29)19-26-12-10-21(11-13-26)25(30)28-16-14-27(15-17-28)18-20-6-3-2-4-7-20/h2-9,21,29H,10-19H2,1H3. The molecule has 2 fully saturated rings. The number of carbonyl (C=O) groups is 1. The van der Waals surface area contributed by atoms with Gasteiger partial charge in [0.25, 0.3) is 0 Å². The molecule has 2 heterocycles. The van der Waals surface area contributed by atoms with E-state index in [1.807, 2.05) is 18.2 Å². The molecular weight excluding hydrogens is 390 g/mol. The van der Waals surface area contributed by atoms with E-state index in [0.29, 0.717) is 18.2 Å². The van der Waals surface area contributed by atoms with Gasteiger partial charge < -0.3 is 14.7 Å². The number of phenols is 1. The van der Waals surface area contributed by atoms with Crippen LogP contribution in [0, 0.1) is 5.92 Å². The molecule has 2 aliphatic heterocycles. The van der Waals surface area contributed by atoms with Crippen molar-refractivity contribution in [3.8, 4) is 11.5 Å². The molecule has 2 aromatic carbocycles. The van der Waals surface area contributed by atoms with Crippen LogP contribution in [0.4, 0.5) is 0 Å². The summed E-state index contributed by atoms with van der Waals surface area (Å²) in [4.78, 5) is 19.9. The monoisotopic (exact) mass is 423 g/mol. The van der Waals surface area contributed by atoms with E-state index in [1.54, 1.807) is 13.2 Å². The van der Waals surface area contributed by atoms with Crippen molar-refractivity contribution in [1.82, 2.24) is 14.7 Å². The molecule has 2 aliphatic rings. The van der Waals surface area contributed by atoms with Crippen molar-refractivity contribution >= 4 is 5.91 Å². The summed E-state index contributed by atoms with van der Waals surface area (Å²) in [5.41, 5.74) is 2.20. The first kappa shape index (κ1) is 21.7. The molecule has 0 radical (unpaired) electrons. The summed E-state index contributed by atoms with van der Waals surface area (Å²) in [6.07, 6.45) is 1.77. The largest absolute Gasteiger partial charge is 0.504 e. The van der Waals surface area contributed by atoms with Gasteiger partial charge in [0.1, 0.15) is 0 Å². The van der Waals surface area contributed by atoms with Crippen LogP contribution in [0.3, 0.4) is 0 Å². The summed E-state index contributed by atoms with van der Waals surface area (Å²) in [5.74, 6) is 1.17. The quantitative estimate of drug-likeness (QED) is 0.774. The van der Waals surface area contributed by atoms with E-state index in [9.17, 15) is 9.90 Å². The van der Waals surface area contributed by atoms with Gasteiger partial charge in [0.2, 0.25) is 5.91 Å². The number of aromatic hydroxyl groups is 1. The summed E-state index contributed by atoms with van der Waals surface area (Å²) in [5, 5.41) is 10.3. The zero-order valence-electron chi connectivity index (χ0n) is 18.4. The fraction of sp³-hybridized carbons (Fsp3) is 0.480. The van der Waals surface area contributed by atoms with Crippen molar-refractivity contribution in [3.05, 3.63) is 59.7 Å². The van der Waals surface area contributed by atoms with Gasteiger partial charge in [-0.1, -0.05) is 42.5 Å². The molecule has 0 bridgehead atoms. The average Bonchev–Trinajstić information content (AvgIpc) is 2.82. The fourth-order valence-corrected chi connectivity index (χ4v) is 4.67. The van der Waals surface area contributed by atoms with Gasteiger partial charge in [-0.2, -0.15) is 0 Å². The van der Waals surface area contributed by atoms with Crippen LogP contribution in [0.15, 0.2) is 48.5 Å². The molecular formula is C25H33N3O3. The van der Waals surface area contributed by atoms with Crippen LogP contribution in [0.2, 0.25) is 0 Å². The highest BCUT2D eigenvalue weighted by atomic mass is 16.5. The molecule has 2 aromatic rings. The number of benzene rings is 2. The highest BCUT2D eigenvalue weighted by molar-refractivity contribution is 5.79. The molecule has 0 aliphatic carbocycles. The second-order valence-electron chi connectivity index (χ2n) is 8.61. The number of piperidine rings is 1. The highest BCUT2D eigenvalue weighted by Gasteiger charge is 2.30. The van der Waals surface area contributed by atoms with E-state index in [0.717, 1.165) is 64.2 Å². The van der Waals surface area contributed by atoms with Gasteiger partial charge >= 0.3 is 0 Å². The summed E-state index contributed by atoms with van der Waals surface area (Å²) in [6.45, 7) is 6.92. The number of ether oxygens (including phenoxy) is 1. The van der Waals surface area contributed by atoms with Gasteiger partial charge in [-0.25, -0.2) is 0 Å². The number of carbonyl (C=O) groups excluding carboxylic acids is 1. The SMILES string of the molecule is COc1cccc(CN2CCC(C(=O)N3CCN(Cc4ccccc4)CC3)CC2)c1O. The number of amides is 1. The van der Waals surface area contributed by atoms with E-state index >= 15 is 0 Å². The molecule has 0 aromatic heterocycles. The van der Waals surface area contributed by atoms with Crippen molar-refractivity contribution in [1.29, 1.82) is 0 Å². The van der Waals surface area contributed by atoms with E-state index < -0.39 is 0 Å². The lowest BCUT2D eigenvalue weighted by molar-refractivity contribution is -0.139. The lowest BCUT2D eigenvalue weighted by atomic mass is 9.94. The van der Waals surface area contributed by atoms with Crippen LogP contribution in [0.25, 0.3) is 0 Å². The maximum absolute atomic E-state index is 13.1. The van der Waals surface area contributed by atoms with Crippen LogP contribution in [-0.2, 0) is 17.9 Å². The number of hydrogen-bond donors (Lipinski definition) is 1. The molecule has 31 heavy (non-hydrogen) atoms. The molecule has 0 unspecified atom stereocenters. The molecule has 1 N–H and O–H groups in total. The predicted octanol–water partition coefficient (Wildman–Crippen LogP) is 2.96. The first-order valence-electron chi connectivity index (χ1n) is 11.3. The lowest BCUT2D eigenvalue weighted by Crippen LogP contribution is -2.51. The van der Waals surface area contributed by atoms with Crippen LogP contribution >= 0.6 is 0 Å². The number of methoxy groups -OCH3 is 1. The second-order valence-corrected chi connectivity index (χ2v) is 8.61. The Morgan fingerprint density at radius 2 is 1.58 bits per heavy atom. The molecule has 2 saturated heterocycles. The Morgan fingerprint density at radius 1 is 0.903 bits per heavy atom. The topological polar surface area (TPSA) is 56.2 Å². The summed E-state index contributed by atoms with van der Waals surface area (Å²) < 4.78 is 5.21. The van der Waals surface area contributed by atoms with Gasteiger partial charge in [0.15, 0.2) is 11.5 Å². The normalized spacial score (nSPS) is 18.8. The first-order chi connectivity index (χ1) is 15.1. The predicted molar refractivity (Wildman–Crippen MR) is 121 cm³/mol. The van der Waals surface area contributed by atoms with E-state index in [-0.39, 0.29) is 11.7 Å². The Labute approximate surface area is 185 Å². The Morgan fingerprint density at radius 3 is 2.26 bits per heavy atom. The molecule has 4 rings (SSSR count). The number of likely N-dealkylation sites (tertiary alicyclic amines) is 1. The number of nitrogens with zero attached hydrogens (tertiary/aromatic N) is 3. The van der Waals surface area contributed by atoms with Crippen molar-refractivity contribution < 1.29 is 14.6 Å². The van der Waals surface area contributed by atoms with E-state index in [2.05, 4.69) is 39.0 Å². The van der Waals surface area contributed by atoms with Crippen molar-refractivity contribution in [2.45, 2.75) is 25.9 Å². The molecule has 0 spiro atoms. The smallest absolute Gasteiger partial charge is 0.225 e. The number of hydrogen-bond acceptors (Lipinski definition) is 5. The third-order valence-electron chi connectivity index (χ3n) is 6.57. The molecule has 1 amide bonds. The Kier molecular flexibility index (Phi) is 7.10. The minimum absolute atomic E-state index is 0.121. The highest BCUT2D eigenvalue weighted by Crippen LogP contribution is 2.31. The van der Waals surface area contributed by atoms with E-state index in [1.165, 1.54) is 5.56 Å². The molecule has 166 valence electrons. The summed E-state index contributed by atoms with van der Waals surface area (Å²) in [7, 11) is 1.57. The maximum Gasteiger partial charge on any atom is 0.225 e. The third kappa shape index (κ3) is 5.38. The molecule has 6 nitrogen and oxygen atoms in total. The maximum atomic E-state index is 13.1. The number of piperazine rings is 1. The van der Waals surface area contributed by atoms with Crippen LogP contribution in [-0.4, -0.2) is 72.1 Å². The minimum Gasteiger partial charge on any atom is -0.504 e. The summed E-state index contributed by atoms with van der Waals surface area (Å²) in [6, 6.07) is 16.1. The van der Waals surface area contributed by atoms with Gasteiger partial charge in [-0.15, -0.1) is 0 Å². The fourth-order valence-electron chi connectivity index (χ4n) is 4.67. The lowest BCUT2D eigenvalue weighted by Gasteiger charge is -2.38. The van der Waals surface area contributed by atoms with Crippen molar-refractivity contribution in [3.63, 3.8) is 0 Å². The Balaban J connectivity index is 1.23. The molecule has 0 atom stereocenters. The zero-order chi connectivity index (χ0) is 21.6. The van der Waals surface area contributed by atoms with Gasteiger partial charge in [0, 0.05) is 50.7 Å². The molecule has 6 heteroatoms. The van der Waals surface area contributed by atoms with Crippen LogP contribution in [0.1, 0.15) is 24.0 Å². The third-order valence-corrected chi connectivity index (χ3v) is 6.57. The van der Waals surface area contributed by atoms with Crippen molar-refractivity contribution in [2.75, 3.05) is 46.4 Å². The first-order valence-corrected chi connectivity index (χ1v) is 11.3.